The average Bonchev–Trinajstić information content (AvgIpc) is 3.32. The van der Waals surface area contributed by atoms with Gasteiger partial charge < -0.3 is 0 Å². The van der Waals surface area contributed by atoms with E-state index in [4.69, 9.17) is 0 Å². The normalized spacial score (nSPS) is 11.0. The molecule has 1 N–H and O–H groups in total. The Kier molecular flexibility index (Phi) is 4.59. The van der Waals surface area contributed by atoms with Gasteiger partial charge in [0.25, 0.3) is 11.5 Å². The smallest absolute Gasteiger partial charge is 0.267 e. The second-order valence-electron chi connectivity index (χ2n) is 6.05. The Balaban J connectivity index is 1.59. The molecule has 0 unspecified atom stereocenters. The molecule has 0 aliphatic heterocycles. The highest BCUT2D eigenvalue weighted by atomic mass is 32.1. The summed E-state index contributed by atoms with van der Waals surface area (Å²) in [5.74, 6) is -0.446. The van der Waals surface area contributed by atoms with Gasteiger partial charge in [0.15, 0.2) is 0 Å². The number of hydrogen-bond donors (Lipinski definition) is 1. The molecule has 0 radical (unpaired) electrons. The van der Waals surface area contributed by atoms with E-state index < -0.39 is 5.91 Å². The van der Waals surface area contributed by atoms with Crippen LogP contribution in [-0.4, -0.2) is 20.6 Å². The van der Waals surface area contributed by atoms with Crippen LogP contribution in [0.25, 0.3) is 20.8 Å². The lowest BCUT2D eigenvalue weighted by atomic mass is 10.2. The maximum Gasteiger partial charge on any atom is 0.289 e. The molecule has 0 aliphatic rings. The van der Waals surface area contributed by atoms with Crippen molar-refractivity contribution < 1.29 is 4.79 Å². The van der Waals surface area contributed by atoms with Gasteiger partial charge in [0, 0.05) is 15.8 Å². The molecule has 1 aromatic carbocycles. The predicted octanol–water partition coefficient (Wildman–Crippen LogP) is 3.84. The molecular weight excluding hydrogens is 380 g/mol. The molecule has 136 valence electrons. The molecule has 3 aromatic heterocycles. The van der Waals surface area contributed by atoms with Crippen LogP contribution in [0.5, 0.6) is 0 Å². The fourth-order valence-electron chi connectivity index (χ4n) is 2.60. The lowest BCUT2D eigenvalue weighted by Gasteiger charge is -2.05. The standard InChI is InChI=1S/C19H16N4O2S2/c1-3-13-8-14-18(27-13)20-10-23(19(14)25)22-16(24)15-9-26-17(21-15)12-6-4-11(2)5-7-12/h4-10H,3H2,1-2H3,(H,22,24). The third-order valence-corrected chi connectivity index (χ3v) is 6.19. The molecule has 4 rings (SSSR count). The van der Waals surface area contributed by atoms with Crippen LogP contribution in [0.2, 0.25) is 0 Å². The minimum Gasteiger partial charge on any atom is -0.267 e. The minimum absolute atomic E-state index is 0.266. The van der Waals surface area contributed by atoms with Gasteiger partial charge in [-0.15, -0.1) is 22.7 Å². The average molecular weight is 396 g/mol. The molecular formula is C19H16N4O2S2. The number of carbonyl (C=O) groups is 1. The van der Waals surface area contributed by atoms with Gasteiger partial charge in [-0.05, 0) is 19.4 Å². The zero-order valence-electron chi connectivity index (χ0n) is 14.7. The fraction of sp³-hybridized carbons (Fsp3) is 0.158. The molecule has 0 aliphatic carbocycles. The van der Waals surface area contributed by atoms with Crippen LogP contribution in [0.3, 0.4) is 0 Å². The number of hydrogen-bond acceptors (Lipinski definition) is 6. The number of thiazole rings is 1. The highest BCUT2D eigenvalue weighted by Gasteiger charge is 2.14. The number of nitrogens with one attached hydrogen (secondary N) is 1. The summed E-state index contributed by atoms with van der Waals surface area (Å²) in [4.78, 5) is 35.5. The monoisotopic (exact) mass is 396 g/mol. The maximum atomic E-state index is 12.6. The van der Waals surface area contributed by atoms with Crippen molar-refractivity contribution in [1.29, 1.82) is 0 Å². The largest absolute Gasteiger partial charge is 0.289 e. The van der Waals surface area contributed by atoms with Gasteiger partial charge in [-0.25, -0.2) is 14.6 Å². The number of amides is 1. The summed E-state index contributed by atoms with van der Waals surface area (Å²) in [6.07, 6.45) is 2.18. The van der Waals surface area contributed by atoms with E-state index >= 15 is 0 Å². The van der Waals surface area contributed by atoms with Gasteiger partial charge in [0.1, 0.15) is 21.9 Å². The zero-order valence-corrected chi connectivity index (χ0v) is 16.4. The summed E-state index contributed by atoms with van der Waals surface area (Å²) >= 11 is 2.88. The van der Waals surface area contributed by atoms with Gasteiger partial charge >= 0.3 is 0 Å². The first-order valence-corrected chi connectivity index (χ1v) is 10.1. The van der Waals surface area contributed by atoms with Crippen molar-refractivity contribution >= 4 is 38.8 Å². The first-order chi connectivity index (χ1) is 13.0. The predicted molar refractivity (Wildman–Crippen MR) is 109 cm³/mol. The van der Waals surface area contributed by atoms with E-state index in [0.717, 1.165) is 32.1 Å². The van der Waals surface area contributed by atoms with Crippen molar-refractivity contribution in [3.8, 4) is 10.6 Å². The number of rotatable bonds is 4. The molecule has 0 saturated heterocycles. The molecule has 3 heterocycles. The van der Waals surface area contributed by atoms with E-state index in [9.17, 15) is 9.59 Å². The second-order valence-corrected chi connectivity index (χ2v) is 8.02. The van der Waals surface area contributed by atoms with Crippen LogP contribution >= 0.6 is 22.7 Å². The molecule has 27 heavy (non-hydrogen) atoms. The molecule has 4 aromatic rings. The Labute approximate surface area is 163 Å². The van der Waals surface area contributed by atoms with E-state index in [1.165, 1.54) is 29.0 Å². The quantitative estimate of drug-likeness (QED) is 0.569. The van der Waals surface area contributed by atoms with Crippen molar-refractivity contribution in [3.63, 3.8) is 0 Å². The summed E-state index contributed by atoms with van der Waals surface area (Å²) in [6, 6.07) is 9.78. The number of aromatic nitrogens is 3. The van der Waals surface area contributed by atoms with Gasteiger partial charge in [0.05, 0.1) is 5.39 Å². The number of thiophene rings is 1. The number of fused-ring (bicyclic) bond motifs is 1. The van der Waals surface area contributed by atoms with Crippen molar-refractivity contribution in [2.45, 2.75) is 20.3 Å². The Morgan fingerprint density at radius 3 is 2.78 bits per heavy atom. The highest BCUT2D eigenvalue weighted by Crippen LogP contribution is 2.24. The molecule has 6 nitrogen and oxygen atoms in total. The van der Waals surface area contributed by atoms with Crippen LogP contribution in [0.15, 0.2) is 46.8 Å². The van der Waals surface area contributed by atoms with Crippen LogP contribution in [0.4, 0.5) is 0 Å². The Morgan fingerprint density at radius 1 is 1.26 bits per heavy atom. The lowest BCUT2D eigenvalue weighted by molar-refractivity contribution is 0.100. The molecule has 0 spiro atoms. The van der Waals surface area contributed by atoms with Crippen molar-refractivity contribution in [1.82, 2.24) is 14.6 Å². The molecule has 8 heteroatoms. The summed E-state index contributed by atoms with van der Waals surface area (Å²) < 4.78 is 1.11. The first kappa shape index (κ1) is 17.6. The fourth-order valence-corrected chi connectivity index (χ4v) is 4.33. The summed E-state index contributed by atoms with van der Waals surface area (Å²) in [6.45, 7) is 4.04. The second kappa shape index (κ2) is 7.05. The Hall–Kier alpha value is -2.84. The first-order valence-electron chi connectivity index (χ1n) is 8.39. The molecule has 1 amide bonds. The molecule has 0 fully saturated rings. The third-order valence-electron chi connectivity index (χ3n) is 4.11. The summed E-state index contributed by atoms with van der Waals surface area (Å²) in [5, 5.41) is 2.95. The zero-order chi connectivity index (χ0) is 19.0. The van der Waals surface area contributed by atoms with Gasteiger partial charge in [0.2, 0.25) is 0 Å². The molecule has 0 atom stereocenters. The van der Waals surface area contributed by atoms with E-state index in [1.807, 2.05) is 44.2 Å². The molecule has 0 saturated carbocycles. The topological polar surface area (TPSA) is 76.9 Å². The van der Waals surface area contributed by atoms with Crippen molar-refractivity contribution in [2.75, 3.05) is 5.43 Å². The number of aryl methyl sites for hydroxylation is 2. The van der Waals surface area contributed by atoms with Crippen LogP contribution in [0.1, 0.15) is 27.9 Å². The van der Waals surface area contributed by atoms with Crippen LogP contribution < -0.4 is 11.0 Å². The molecule has 0 bridgehead atoms. The van der Waals surface area contributed by atoms with Gasteiger partial charge in [-0.1, -0.05) is 36.8 Å². The lowest BCUT2D eigenvalue weighted by Crippen LogP contribution is -2.33. The van der Waals surface area contributed by atoms with E-state index in [1.54, 1.807) is 5.38 Å². The van der Waals surface area contributed by atoms with Gasteiger partial charge in [-0.3, -0.25) is 15.0 Å². The Bertz CT molecular complexity index is 1190. The number of benzene rings is 1. The SMILES string of the molecule is CCc1cc2c(=O)n(NC(=O)c3csc(-c4ccc(C)cc4)n3)cnc2s1. The van der Waals surface area contributed by atoms with Gasteiger partial charge in [-0.2, -0.15) is 0 Å². The summed E-state index contributed by atoms with van der Waals surface area (Å²) in [5.41, 5.74) is 4.66. The van der Waals surface area contributed by atoms with Crippen LogP contribution in [0, 0.1) is 6.92 Å². The van der Waals surface area contributed by atoms with Crippen molar-refractivity contribution in [3.05, 3.63) is 68.5 Å². The van der Waals surface area contributed by atoms with Crippen molar-refractivity contribution in [2.24, 2.45) is 0 Å². The number of carbonyl (C=O) groups excluding carboxylic acids is 1. The summed E-state index contributed by atoms with van der Waals surface area (Å²) in [7, 11) is 0. The van der Waals surface area contributed by atoms with E-state index in [0.29, 0.717) is 10.2 Å². The highest BCUT2D eigenvalue weighted by molar-refractivity contribution is 7.18. The number of nitrogens with zero attached hydrogens (tertiary/aromatic N) is 3. The third kappa shape index (κ3) is 3.41. The van der Waals surface area contributed by atoms with E-state index in [2.05, 4.69) is 15.4 Å². The minimum atomic E-state index is -0.446. The van der Waals surface area contributed by atoms with Crippen LogP contribution in [-0.2, 0) is 6.42 Å². The Morgan fingerprint density at radius 2 is 2.04 bits per heavy atom. The maximum absolute atomic E-state index is 12.6. The van der Waals surface area contributed by atoms with E-state index in [-0.39, 0.29) is 11.3 Å².